The molecule has 1 unspecified atom stereocenters. The van der Waals surface area contributed by atoms with Crippen LogP contribution in [-0.4, -0.2) is 17.0 Å². The normalized spacial score (nSPS) is 16.0. The number of aromatic carboxylic acids is 1. The zero-order valence-corrected chi connectivity index (χ0v) is 15.0. The summed E-state index contributed by atoms with van der Waals surface area (Å²) in [4.78, 5) is 25.5. The van der Waals surface area contributed by atoms with E-state index in [9.17, 15) is 14.7 Å². The highest BCUT2D eigenvalue weighted by atomic mass is 32.1. The molecule has 0 fully saturated rings. The second kappa shape index (κ2) is 6.42. The molecule has 0 saturated carbocycles. The van der Waals surface area contributed by atoms with Crippen LogP contribution in [0.4, 0.5) is 5.69 Å². The van der Waals surface area contributed by atoms with E-state index in [4.69, 9.17) is 0 Å². The SMILES string of the molecule is Cc1cccc(C2CC(=O)Nc3c2sc(C(=O)O)c3-c2ccccc2)c1. The molecule has 4 rings (SSSR count). The van der Waals surface area contributed by atoms with Gasteiger partial charge in [-0.2, -0.15) is 0 Å². The maximum absolute atomic E-state index is 12.4. The number of anilines is 1. The molecule has 2 N–H and O–H groups in total. The van der Waals surface area contributed by atoms with Crippen LogP contribution < -0.4 is 5.32 Å². The Morgan fingerprint density at radius 3 is 2.62 bits per heavy atom. The van der Waals surface area contributed by atoms with Crippen LogP contribution in [0.3, 0.4) is 0 Å². The van der Waals surface area contributed by atoms with Gasteiger partial charge in [-0.1, -0.05) is 60.2 Å². The van der Waals surface area contributed by atoms with Crippen LogP contribution in [0.5, 0.6) is 0 Å². The number of hydrogen-bond acceptors (Lipinski definition) is 3. The van der Waals surface area contributed by atoms with E-state index in [2.05, 4.69) is 11.4 Å². The predicted molar refractivity (Wildman–Crippen MR) is 103 cm³/mol. The Balaban J connectivity index is 1.95. The van der Waals surface area contributed by atoms with Crippen LogP contribution in [0.1, 0.15) is 38.0 Å². The molecule has 1 atom stereocenters. The van der Waals surface area contributed by atoms with Gasteiger partial charge in [-0.15, -0.1) is 11.3 Å². The van der Waals surface area contributed by atoms with Crippen molar-refractivity contribution in [2.75, 3.05) is 5.32 Å². The van der Waals surface area contributed by atoms with E-state index >= 15 is 0 Å². The molecule has 3 aromatic rings. The number of benzene rings is 2. The third-order valence-electron chi connectivity index (χ3n) is 4.61. The Kier molecular flexibility index (Phi) is 4.09. The lowest BCUT2D eigenvalue weighted by Crippen LogP contribution is -2.22. The fourth-order valence-corrected chi connectivity index (χ4v) is 4.72. The van der Waals surface area contributed by atoms with Gasteiger partial charge in [-0.05, 0) is 18.1 Å². The van der Waals surface area contributed by atoms with Crippen LogP contribution >= 0.6 is 11.3 Å². The largest absolute Gasteiger partial charge is 0.477 e. The van der Waals surface area contributed by atoms with Gasteiger partial charge in [-0.3, -0.25) is 4.79 Å². The van der Waals surface area contributed by atoms with Crippen LogP contribution in [-0.2, 0) is 4.79 Å². The van der Waals surface area contributed by atoms with Gasteiger partial charge < -0.3 is 10.4 Å². The van der Waals surface area contributed by atoms with Crippen LogP contribution in [0.2, 0.25) is 0 Å². The Hall–Kier alpha value is -2.92. The number of carbonyl (C=O) groups is 2. The zero-order chi connectivity index (χ0) is 18.3. The molecular weight excluding hydrogens is 346 g/mol. The summed E-state index contributed by atoms with van der Waals surface area (Å²) in [7, 11) is 0. The smallest absolute Gasteiger partial charge is 0.346 e. The van der Waals surface area contributed by atoms with Crippen molar-refractivity contribution < 1.29 is 14.7 Å². The standard InChI is InChI=1S/C21H17NO3S/c1-12-6-5-9-14(10-12)15-11-16(23)22-18-17(13-7-3-2-4-8-13)20(21(24)25)26-19(15)18/h2-10,15H,11H2,1H3,(H,22,23)(H,24,25). The molecule has 0 spiro atoms. The monoisotopic (exact) mass is 363 g/mol. The van der Waals surface area contributed by atoms with Crippen LogP contribution in [0, 0.1) is 6.92 Å². The van der Waals surface area contributed by atoms with Crippen molar-refractivity contribution in [3.63, 3.8) is 0 Å². The fourth-order valence-electron chi connectivity index (χ4n) is 3.47. The minimum atomic E-state index is -0.972. The lowest BCUT2D eigenvalue weighted by atomic mass is 9.88. The summed E-state index contributed by atoms with van der Waals surface area (Å²) in [6, 6.07) is 17.4. The average Bonchev–Trinajstić information content (AvgIpc) is 3.01. The molecule has 4 nitrogen and oxygen atoms in total. The van der Waals surface area contributed by atoms with Crippen molar-refractivity contribution in [2.24, 2.45) is 0 Å². The lowest BCUT2D eigenvalue weighted by molar-refractivity contribution is -0.116. The second-order valence-electron chi connectivity index (χ2n) is 6.44. The molecule has 0 aliphatic carbocycles. The highest BCUT2D eigenvalue weighted by Crippen LogP contribution is 2.49. The molecule has 0 saturated heterocycles. The molecule has 5 heteroatoms. The number of carboxylic acid groups (broad SMARTS) is 1. The van der Waals surface area contributed by atoms with E-state index in [-0.39, 0.29) is 16.7 Å². The number of amides is 1. The quantitative estimate of drug-likeness (QED) is 0.696. The van der Waals surface area contributed by atoms with Gasteiger partial charge in [0.15, 0.2) is 0 Å². The molecule has 1 aliphatic rings. The highest BCUT2D eigenvalue weighted by molar-refractivity contribution is 7.15. The first kappa shape index (κ1) is 16.5. The van der Waals surface area contributed by atoms with Crippen molar-refractivity contribution in [1.29, 1.82) is 0 Å². The number of hydrogen-bond donors (Lipinski definition) is 2. The van der Waals surface area contributed by atoms with Crippen LogP contribution in [0.15, 0.2) is 54.6 Å². The summed E-state index contributed by atoms with van der Waals surface area (Å²) in [5.41, 5.74) is 4.20. The second-order valence-corrected chi connectivity index (χ2v) is 7.49. The first-order chi connectivity index (χ1) is 12.5. The van der Waals surface area contributed by atoms with Gasteiger partial charge in [0.05, 0.1) is 5.69 Å². The average molecular weight is 363 g/mol. The van der Waals surface area contributed by atoms with Crippen molar-refractivity contribution >= 4 is 28.9 Å². The number of thiophene rings is 1. The van der Waals surface area contributed by atoms with E-state index in [0.717, 1.165) is 21.6 Å². The summed E-state index contributed by atoms with van der Waals surface area (Å²) >= 11 is 1.26. The topological polar surface area (TPSA) is 66.4 Å². The maximum atomic E-state index is 12.4. The number of carboxylic acids is 1. The first-order valence-electron chi connectivity index (χ1n) is 8.36. The molecule has 26 heavy (non-hydrogen) atoms. The number of rotatable bonds is 3. The zero-order valence-electron chi connectivity index (χ0n) is 14.2. The fraction of sp³-hybridized carbons (Fsp3) is 0.143. The third-order valence-corrected chi connectivity index (χ3v) is 5.90. The summed E-state index contributed by atoms with van der Waals surface area (Å²) in [5, 5.41) is 12.7. The van der Waals surface area contributed by atoms with Gasteiger partial charge in [0, 0.05) is 22.8 Å². The maximum Gasteiger partial charge on any atom is 0.346 e. The Morgan fingerprint density at radius 2 is 1.92 bits per heavy atom. The Bertz CT molecular complexity index is 1010. The van der Waals surface area contributed by atoms with Gasteiger partial charge >= 0.3 is 5.97 Å². The molecule has 2 aromatic carbocycles. The summed E-state index contributed by atoms with van der Waals surface area (Å²) in [6.07, 6.45) is 0.324. The number of carbonyl (C=O) groups excluding carboxylic acids is 1. The Morgan fingerprint density at radius 1 is 1.15 bits per heavy atom. The van der Waals surface area contributed by atoms with Gasteiger partial charge in [0.25, 0.3) is 0 Å². The summed E-state index contributed by atoms with van der Waals surface area (Å²) in [6.45, 7) is 2.01. The molecule has 130 valence electrons. The first-order valence-corrected chi connectivity index (χ1v) is 9.18. The van der Waals surface area contributed by atoms with Crippen molar-refractivity contribution in [3.05, 3.63) is 75.5 Å². The van der Waals surface area contributed by atoms with Gasteiger partial charge in [-0.25, -0.2) is 4.79 Å². The summed E-state index contributed by atoms with van der Waals surface area (Å²) < 4.78 is 0. The minimum absolute atomic E-state index is 0.0871. The van der Waals surface area contributed by atoms with Crippen molar-refractivity contribution in [3.8, 4) is 11.1 Å². The molecular formula is C21H17NO3S. The minimum Gasteiger partial charge on any atom is -0.477 e. The predicted octanol–water partition coefficient (Wildman–Crippen LogP) is 4.90. The van der Waals surface area contributed by atoms with Crippen molar-refractivity contribution in [2.45, 2.75) is 19.3 Å². The Labute approximate surface area is 155 Å². The highest BCUT2D eigenvalue weighted by Gasteiger charge is 2.34. The van der Waals surface area contributed by atoms with Gasteiger partial charge in [0.1, 0.15) is 4.88 Å². The van der Waals surface area contributed by atoms with Crippen molar-refractivity contribution in [1.82, 2.24) is 0 Å². The van der Waals surface area contributed by atoms with Gasteiger partial charge in [0.2, 0.25) is 5.91 Å². The number of aryl methyl sites for hydroxylation is 1. The molecule has 1 amide bonds. The van der Waals surface area contributed by atoms with E-state index < -0.39 is 5.97 Å². The van der Waals surface area contributed by atoms with E-state index in [1.165, 1.54) is 11.3 Å². The molecule has 2 heterocycles. The lowest BCUT2D eigenvalue weighted by Gasteiger charge is -2.24. The molecule has 1 aromatic heterocycles. The van der Waals surface area contributed by atoms with Crippen LogP contribution in [0.25, 0.3) is 11.1 Å². The third kappa shape index (κ3) is 2.80. The molecule has 0 bridgehead atoms. The number of nitrogens with one attached hydrogen (secondary N) is 1. The summed E-state index contributed by atoms with van der Waals surface area (Å²) in [5.74, 6) is -1.18. The van der Waals surface area contributed by atoms with E-state index in [1.807, 2.05) is 55.5 Å². The molecule has 1 aliphatic heterocycles. The van der Waals surface area contributed by atoms with E-state index in [1.54, 1.807) is 0 Å². The van der Waals surface area contributed by atoms with E-state index in [0.29, 0.717) is 17.7 Å². The number of fused-ring (bicyclic) bond motifs is 1. The molecule has 0 radical (unpaired) electrons.